The molecule has 7 heteroatoms. The molecule has 0 radical (unpaired) electrons. The van der Waals surface area contributed by atoms with Crippen molar-refractivity contribution in [1.82, 2.24) is 5.32 Å². The van der Waals surface area contributed by atoms with Crippen LogP contribution in [0.5, 0.6) is 5.75 Å². The van der Waals surface area contributed by atoms with E-state index in [9.17, 15) is 14.4 Å². The lowest BCUT2D eigenvalue weighted by Gasteiger charge is -2.19. The molecule has 3 amide bonds. The number of imide groups is 1. The summed E-state index contributed by atoms with van der Waals surface area (Å²) >= 11 is 0. The molecular formula is C20H22N2O5. The minimum Gasteiger partial charge on any atom is -0.489 e. The summed E-state index contributed by atoms with van der Waals surface area (Å²) in [7, 11) is 0. The third kappa shape index (κ3) is 6.14. The van der Waals surface area contributed by atoms with Gasteiger partial charge in [-0.15, -0.1) is 0 Å². The lowest BCUT2D eigenvalue weighted by atomic mass is 10.1. The Bertz CT molecular complexity index is 788. The molecule has 0 fully saturated rings. The number of carbonyl (C=O) groups excluding carboxylic acids is 3. The van der Waals surface area contributed by atoms with Crippen LogP contribution in [0, 0.1) is 5.92 Å². The summed E-state index contributed by atoms with van der Waals surface area (Å²) < 4.78 is 10.9. The Labute approximate surface area is 157 Å². The molecule has 0 aliphatic heterocycles. The number of ether oxygens (including phenoxy) is 2. The fourth-order valence-corrected chi connectivity index (χ4v) is 2.30. The molecule has 2 aromatic carbocycles. The quantitative estimate of drug-likeness (QED) is 0.729. The summed E-state index contributed by atoms with van der Waals surface area (Å²) in [5.41, 5.74) is 6.23. The van der Waals surface area contributed by atoms with E-state index >= 15 is 0 Å². The van der Waals surface area contributed by atoms with Crippen molar-refractivity contribution in [2.24, 2.45) is 11.7 Å². The second-order valence-corrected chi connectivity index (χ2v) is 6.22. The van der Waals surface area contributed by atoms with E-state index in [1.807, 2.05) is 35.6 Å². The zero-order chi connectivity index (χ0) is 19.8. The first-order valence-electron chi connectivity index (χ1n) is 8.45. The summed E-state index contributed by atoms with van der Waals surface area (Å²) in [6.45, 7) is 3.80. The Balaban J connectivity index is 1.97. The summed E-state index contributed by atoms with van der Waals surface area (Å²) in [5.74, 6) is -1.17. The second kappa shape index (κ2) is 9.38. The fraction of sp³-hybridized carbons (Fsp3) is 0.250. The number of hydrogen-bond donors (Lipinski definition) is 2. The molecular weight excluding hydrogens is 348 g/mol. The van der Waals surface area contributed by atoms with Gasteiger partial charge in [-0.05, 0) is 35.7 Å². The first-order chi connectivity index (χ1) is 12.9. The number of amides is 3. The number of primary amides is 1. The molecule has 1 atom stereocenters. The van der Waals surface area contributed by atoms with Crippen molar-refractivity contribution >= 4 is 17.9 Å². The van der Waals surface area contributed by atoms with Crippen LogP contribution in [0.2, 0.25) is 0 Å². The van der Waals surface area contributed by atoms with Gasteiger partial charge in [-0.2, -0.15) is 0 Å². The highest BCUT2D eigenvalue weighted by molar-refractivity contribution is 5.98. The maximum Gasteiger partial charge on any atom is 0.338 e. The zero-order valence-corrected chi connectivity index (χ0v) is 15.2. The largest absolute Gasteiger partial charge is 0.489 e. The molecule has 7 nitrogen and oxygen atoms in total. The van der Waals surface area contributed by atoms with Gasteiger partial charge in [0.25, 0.3) is 5.91 Å². The van der Waals surface area contributed by atoms with Crippen LogP contribution < -0.4 is 15.8 Å². The van der Waals surface area contributed by atoms with E-state index in [1.54, 1.807) is 38.1 Å². The first kappa shape index (κ1) is 20.0. The normalized spacial score (nSPS) is 11.5. The van der Waals surface area contributed by atoms with Gasteiger partial charge in [-0.1, -0.05) is 44.2 Å². The SMILES string of the molecule is CC(C)C(OC(=O)c1ccc(OCc2ccccc2)cc1)C(=O)NC(N)=O. The molecule has 2 aromatic rings. The summed E-state index contributed by atoms with van der Waals surface area (Å²) in [6.07, 6.45) is -1.13. The lowest BCUT2D eigenvalue weighted by molar-refractivity contribution is -0.130. The average Bonchev–Trinajstić information content (AvgIpc) is 2.64. The number of carbonyl (C=O) groups is 3. The van der Waals surface area contributed by atoms with E-state index in [4.69, 9.17) is 15.2 Å². The van der Waals surface area contributed by atoms with Gasteiger partial charge in [0.15, 0.2) is 6.10 Å². The highest BCUT2D eigenvalue weighted by Gasteiger charge is 2.27. The third-order valence-electron chi connectivity index (χ3n) is 3.68. The Morgan fingerprint density at radius 1 is 1.00 bits per heavy atom. The molecule has 0 spiro atoms. The maximum atomic E-state index is 12.3. The molecule has 142 valence electrons. The predicted molar refractivity (Wildman–Crippen MR) is 99.0 cm³/mol. The summed E-state index contributed by atoms with van der Waals surface area (Å²) in [5, 5.41) is 1.93. The van der Waals surface area contributed by atoms with Gasteiger partial charge in [-0.25, -0.2) is 9.59 Å². The van der Waals surface area contributed by atoms with Gasteiger partial charge < -0.3 is 15.2 Å². The van der Waals surface area contributed by atoms with Crippen molar-refractivity contribution in [2.45, 2.75) is 26.6 Å². The van der Waals surface area contributed by atoms with Crippen molar-refractivity contribution in [3.8, 4) is 5.75 Å². The molecule has 0 saturated heterocycles. The van der Waals surface area contributed by atoms with Gasteiger partial charge in [0.1, 0.15) is 12.4 Å². The molecule has 0 bridgehead atoms. The number of hydrogen-bond acceptors (Lipinski definition) is 5. The molecule has 0 saturated carbocycles. The summed E-state index contributed by atoms with van der Waals surface area (Å²) in [4.78, 5) is 35.0. The number of urea groups is 1. The van der Waals surface area contributed by atoms with Gasteiger partial charge >= 0.3 is 12.0 Å². The van der Waals surface area contributed by atoms with E-state index in [-0.39, 0.29) is 11.5 Å². The number of rotatable bonds is 7. The number of benzene rings is 2. The fourth-order valence-electron chi connectivity index (χ4n) is 2.30. The Kier molecular flexibility index (Phi) is 6.93. The minimum atomic E-state index is -1.13. The standard InChI is InChI=1S/C20H22N2O5/c1-13(2)17(18(23)22-20(21)25)27-19(24)15-8-10-16(11-9-15)26-12-14-6-4-3-5-7-14/h3-11,13,17H,12H2,1-2H3,(H3,21,22,23,25). The third-order valence-corrected chi connectivity index (χ3v) is 3.68. The molecule has 0 aromatic heterocycles. The van der Waals surface area contributed by atoms with E-state index in [0.29, 0.717) is 12.4 Å². The zero-order valence-electron chi connectivity index (χ0n) is 15.2. The van der Waals surface area contributed by atoms with Crippen LogP contribution in [0.3, 0.4) is 0 Å². The Morgan fingerprint density at radius 2 is 1.63 bits per heavy atom. The van der Waals surface area contributed by atoms with Crippen molar-refractivity contribution in [1.29, 1.82) is 0 Å². The Morgan fingerprint density at radius 3 is 2.19 bits per heavy atom. The van der Waals surface area contributed by atoms with Gasteiger partial charge in [0.05, 0.1) is 5.56 Å². The molecule has 0 aliphatic rings. The highest BCUT2D eigenvalue weighted by Crippen LogP contribution is 2.17. The average molecular weight is 370 g/mol. The molecule has 0 heterocycles. The summed E-state index contributed by atoms with van der Waals surface area (Å²) in [6, 6.07) is 15.1. The van der Waals surface area contributed by atoms with Crippen LogP contribution in [0.25, 0.3) is 0 Å². The maximum absolute atomic E-state index is 12.3. The highest BCUT2D eigenvalue weighted by atomic mass is 16.5. The Hall–Kier alpha value is -3.35. The number of nitrogens with two attached hydrogens (primary N) is 1. The molecule has 2 rings (SSSR count). The van der Waals surface area contributed by atoms with E-state index < -0.39 is 24.0 Å². The second-order valence-electron chi connectivity index (χ2n) is 6.22. The van der Waals surface area contributed by atoms with E-state index in [1.165, 1.54) is 0 Å². The lowest BCUT2D eigenvalue weighted by Crippen LogP contribution is -2.45. The number of nitrogens with one attached hydrogen (secondary N) is 1. The van der Waals surface area contributed by atoms with Crippen molar-refractivity contribution < 1.29 is 23.9 Å². The van der Waals surface area contributed by atoms with Crippen LogP contribution in [0.15, 0.2) is 54.6 Å². The van der Waals surface area contributed by atoms with Crippen molar-refractivity contribution in [3.63, 3.8) is 0 Å². The first-order valence-corrected chi connectivity index (χ1v) is 8.45. The topological polar surface area (TPSA) is 108 Å². The van der Waals surface area contributed by atoms with Gasteiger partial charge in [0.2, 0.25) is 0 Å². The van der Waals surface area contributed by atoms with Crippen LogP contribution >= 0.6 is 0 Å². The predicted octanol–water partition coefficient (Wildman–Crippen LogP) is 2.64. The molecule has 27 heavy (non-hydrogen) atoms. The smallest absolute Gasteiger partial charge is 0.338 e. The van der Waals surface area contributed by atoms with Crippen LogP contribution in [0.1, 0.15) is 29.8 Å². The van der Waals surface area contributed by atoms with Gasteiger partial charge in [0, 0.05) is 0 Å². The van der Waals surface area contributed by atoms with Crippen molar-refractivity contribution in [2.75, 3.05) is 0 Å². The molecule has 0 aliphatic carbocycles. The van der Waals surface area contributed by atoms with Crippen LogP contribution in [0.4, 0.5) is 4.79 Å². The van der Waals surface area contributed by atoms with Gasteiger partial charge in [-0.3, -0.25) is 10.1 Å². The van der Waals surface area contributed by atoms with Crippen molar-refractivity contribution in [3.05, 3.63) is 65.7 Å². The molecule has 1 unspecified atom stereocenters. The molecule has 3 N–H and O–H groups in total. The van der Waals surface area contributed by atoms with Crippen LogP contribution in [-0.2, 0) is 16.1 Å². The minimum absolute atomic E-state index is 0.264. The van der Waals surface area contributed by atoms with E-state index in [2.05, 4.69) is 0 Å². The monoisotopic (exact) mass is 370 g/mol. The number of esters is 1. The van der Waals surface area contributed by atoms with Crippen LogP contribution in [-0.4, -0.2) is 24.0 Å². The van der Waals surface area contributed by atoms with E-state index in [0.717, 1.165) is 5.56 Å².